The molecule has 0 fully saturated rings. The van der Waals surface area contributed by atoms with Gasteiger partial charge in [0, 0.05) is 29.7 Å². The molecule has 26 heavy (non-hydrogen) atoms. The Hall–Kier alpha value is -3.00. The molecule has 3 aromatic rings. The standard InChI is InChI=1S/C18H18N4O3S/c1-2-12-25-18-10-9-17(20-21-18)14-5-7-15(8-6-14)22-26(23,24)16-4-3-11-19-13-16/h3-11,13,22H,2,12H2,1H3. The van der Waals surface area contributed by atoms with Crippen LogP contribution >= 0.6 is 0 Å². The van der Waals surface area contributed by atoms with Crippen molar-refractivity contribution < 1.29 is 13.2 Å². The van der Waals surface area contributed by atoms with E-state index in [0.29, 0.717) is 23.9 Å². The molecule has 0 aliphatic heterocycles. The van der Waals surface area contributed by atoms with Crippen LogP contribution in [0.25, 0.3) is 11.3 Å². The van der Waals surface area contributed by atoms with Gasteiger partial charge in [-0.25, -0.2) is 8.42 Å². The van der Waals surface area contributed by atoms with Crippen molar-refractivity contribution in [2.45, 2.75) is 18.2 Å². The highest BCUT2D eigenvalue weighted by atomic mass is 32.2. The Balaban J connectivity index is 1.72. The Morgan fingerprint density at radius 1 is 1.04 bits per heavy atom. The molecule has 0 spiro atoms. The molecule has 8 heteroatoms. The fourth-order valence-electron chi connectivity index (χ4n) is 2.19. The molecule has 0 amide bonds. The molecule has 1 aromatic carbocycles. The predicted molar refractivity (Wildman–Crippen MR) is 98.3 cm³/mol. The van der Waals surface area contributed by atoms with E-state index in [2.05, 4.69) is 19.9 Å². The summed E-state index contributed by atoms with van der Waals surface area (Å²) >= 11 is 0. The second-order valence-electron chi connectivity index (χ2n) is 5.48. The SMILES string of the molecule is CCCOc1ccc(-c2ccc(NS(=O)(=O)c3cccnc3)cc2)nn1. The Labute approximate surface area is 152 Å². The highest BCUT2D eigenvalue weighted by molar-refractivity contribution is 7.92. The van der Waals surface area contributed by atoms with Gasteiger partial charge in [0.15, 0.2) is 0 Å². The van der Waals surface area contributed by atoms with Crippen molar-refractivity contribution in [2.75, 3.05) is 11.3 Å². The van der Waals surface area contributed by atoms with Gasteiger partial charge in [-0.2, -0.15) is 0 Å². The number of ether oxygens (including phenoxy) is 1. The minimum Gasteiger partial charge on any atom is -0.477 e. The molecule has 1 N–H and O–H groups in total. The molecule has 0 aliphatic rings. The van der Waals surface area contributed by atoms with Gasteiger partial charge in [0.05, 0.1) is 12.3 Å². The number of anilines is 1. The maximum atomic E-state index is 12.3. The second kappa shape index (κ2) is 7.92. The highest BCUT2D eigenvalue weighted by Gasteiger charge is 2.14. The number of benzene rings is 1. The fraction of sp³-hybridized carbons (Fsp3) is 0.167. The van der Waals surface area contributed by atoms with Crippen molar-refractivity contribution in [3.63, 3.8) is 0 Å². The van der Waals surface area contributed by atoms with Crippen LogP contribution in [0.5, 0.6) is 5.88 Å². The van der Waals surface area contributed by atoms with Gasteiger partial charge in [-0.05, 0) is 36.8 Å². The highest BCUT2D eigenvalue weighted by Crippen LogP contribution is 2.22. The summed E-state index contributed by atoms with van der Waals surface area (Å²) in [5.41, 5.74) is 1.95. The first-order valence-corrected chi connectivity index (χ1v) is 9.56. The number of sulfonamides is 1. The van der Waals surface area contributed by atoms with Crippen LogP contribution < -0.4 is 9.46 Å². The van der Waals surface area contributed by atoms with E-state index in [0.717, 1.165) is 12.0 Å². The molecule has 7 nitrogen and oxygen atoms in total. The van der Waals surface area contributed by atoms with Gasteiger partial charge in [-0.15, -0.1) is 10.2 Å². The third-order valence-electron chi connectivity index (χ3n) is 3.47. The van der Waals surface area contributed by atoms with Crippen molar-refractivity contribution in [3.8, 4) is 17.1 Å². The van der Waals surface area contributed by atoms with E-state index >= 15 is 0 Å². The van der Waals surface area contributed by atoms with Gasteiger partial charge < -0.3 is 4.74 Å². The zero-order valence-corrected chi connectivity index (χ0v) is 15.0. The molecule has 3 rings (SSSR count). The number of rotatable bonds is 7. The van der Waals surface area contributed by atoms with Crippen LogP contribution in [0.2, 0.25) is 0 Å². The topological polar surface area (TPSA) is 94.1 Å². The van der Waals surface area contributed by atoms with Gasteiger partial charge in [0.2, 0.25) is 5.88 Å². The number of hydrogen-bond donors (Lipinski definition) is 1. The molecule has 0 unspecified atom stereocenters. The largest absolute Gasteiger partial charge is 0.477 e. The molecule has 0 aliphatic carbocycles. The molecule has 134 valence electrons. The number of nitrogens with one attached hydrogen (secondary N) is 1. The summed E-state index contributed by atoms with van der Waals surface area (Å²) in [4.78, 5) is 3.94. The quantitative estimate of drug-likeness (QED) is 0.687. The minimum absolute atomic E-state index is 0.109. The summed E-state index contributed by atoms with van der Waals surface area (Å²) in [6.07, 6.45) is 3.72. The summed E-state index contributed by atoms with van der Waals surface area (Å²) in [6, 6.07) is 13.5. The Morgan fingerprint density at radius 3 is 2.46 bits per heavy atom. The van der Waals surface area contributed by atoms with Crippen molar-refractivity contribution in [3.05, 3.63) is 60.9 Å². The first-order chi connectivity index (χ1) is 12.6. The first-order valence-electron chi connectivity index (χ1n) is 8.08. The average Bonchev–Trinajstić information content (AvgIpc) is 2.68. The van der Waals surface area contributed by atoms with Crippen LogP contribution in [-0.4, -0.2) is 30.2 Å². The zero-order chi connectivity index (χ0) is 18.4. The van der Waals surface area contributed by atoms with E-state index in [1.165, 1.54) is 18.5 Å². The van der Waals surface area contributed by atoms with E-state index in [1.54, 1.807) is 36.4 Å². The summed E-state index contributed by atoms with van der Waals surface area (Å²) in [6.45, 7) is 2.62. The summed E-state index contributed by atoms with van der Waals surface area (Å²) in [7, 11) is -3.66. The number of nitrogens with zero attached hydrogens (tertiary/aromatic N) is 3. The molecule has 0 bridgehead atoms. The van der Waals surface area contributed by atoms with E-state index in [-0.39, 0.29) is 4.90 Å². The molecule has 2 aromatic heterocycles. The van der Waals surface area contributed by atoms with Crippen LogP contribution in [0.3, 0.4) is 0 Å². The number of hydrogen-bond acceptors (Lipinski definition) is 6. The molecule has 0 saturated heterocycles. The number of pyridine rings is 1. The maximum absolute atomic E-state index is 12.3. The van der Waals surface area contributed by atoms with Crippen LogP contribution in [0, 0.1) is 0 Å². The van der Waals surface area contributed by atoms with Crippen LogP contribution in [0.15, 0.2) is 65.8 Å². The maximum Gasteiger partial charge on any atom is 0.263 e. The van der Waals surface area contributed by atoms with E-state index in [4.69, 9.17) is 4.74 Å². The lowest BCUT2D eigenvalue weighted by molar-refractivity contribution is 0.302. The second-order valence-corrected chi connectivity index (χ2v) is 7.16. The van der Waals surface area contributed by atoms with Crippen molar-refractivity contribution >= 4 is 15.7 Å². The van der Waals surface area contributed by atoms with Gasteiger partial charge in [-0.1, -0.05) is 19.1 Å². The summed E-state index contributed by atoms with van der Waals surface area (Å²) in [5.74, 6) is 0.483. The fourth-order valence-corrected chi connectivity index (χ4v) is 3.21. The van der Waals surface area contributed by atoms with Crippen molar-refractivity contribution in [1.82, 2.24) is 15.2 Å². The predicted octanol–water partition coefficient (Wildman–Crippen LogP) is 3.13. The smallest absolute Gasteiger partial charge is 0.263 e. The Kier molecular flexibility index (Phi) is 5.43. The van der Waals surface area contributed by atoms with Crippen LogP contribution in [0.4, 0.5) is 5.69 Å². The lowest BCUT2D eigenvalue weighted by Gasteiger charge is -2.08. The average molecular weight is 370 g/mol. The molecular formula is C18H18N4O3S. The van der Waals surface area contributed by atoms with Crippen molar-refractivity contribution in [1.29, 1.82) is 0 Å². The molecule has 2 heterocycles. The molecular weight excluding hydrogens is 352 g/mol. The Morgan fingerprint density at radius 2 is 1.85 bits per heavy atom. The van der Waals surface area contributed by atoms with E-state index < -0.39 is 10.0 Å². The third kappa shape index (κ3) is 4.34. The lowest BCUT2D eigenvalue weighted by Crippen LogP contribution is -2.12. The number of aromatic nitrogens is 3. The van der Waals surface area contributed by atoms with E-state index in [9.17, 15) is 8.42 Å². The van der Waals surface area contributed by atoms with Gasteiger partial charge >= 0.3 is 0 Å². The van der Waals surface area contributed by atoms with Crippen LogP contribution in [0.1, 0.15) is 13.3 Å². The molecule has 0 radical (unpaired) electrons. The van der Waals surface area contributed by atoms with Crippen molar-refractivity contribution in [2.24, 2.45) is 0 Å². The molecule has 0 atom stereocenters. The molecule has 0 saturated carbocycles. The first kappa shape index (κ1) is 17.8. The van der Waals surface area contributed by atoms with E-state index in [1.807, 2.05) is 13.0 Å². The zero-order valence-electron chi connectivity index (χ0n) is 14.2. The normalized spacial score (nSPS) is 11.1. The van der Waals surface area contributed by atoms with Gasteiger partial charge in [0.25, 0.3) is 10.0 Å². The van der Waals surface area contributed by atoms with Gasteiger partial charge in [0.1, 0.15) is 4.90 Å². The Bertz CT molecular complexity index is 944. The lowest BCUT2D eigenvalue weighted by atomic mass is 10.1. The third-order valence-corrected chi connectivity index (χ3v) is 4.84. The van der Waals surface area contributed by atoms with Gasteiger partial charge in [-0.3, -0.25) is 9.71 Å². The summed E-state index contributed by atoms with van der Waals surface area (Å²) < 4.78 is 32.5. The monoisotopic (exact) mass is 370 g/mol. The minimum atomic E-state index is -3.66. The summed E-state index contributed by atoms with van der Waals surface area (Å²) in [5, 5.41) is 8.16. The van der Waals surface area contributed by atoms with Crippen LogP contribution in [-0.2, 0) is 10.0 Å².